The summed E-state index contributed by atoms with van der Waals surface area (Å²) in [6, 6.07) is 18.1. The Kier molecular flexibility index (Phi) is 6.90. The molecule has 0 saturated carbocycles. The lowest BCUT2D eigenvalue weighted by Gasteiger charge is -2.23. The number of carbonyl (C=O) groups excluding carboxylic acids is 1. The molecule has 0 aliphatic heterocycles. The number of hydrogen-bond acceptors (Lipinski definition) is 4. The van der Waals surface area contributed by atoms with Crippen LogP contribution in [0.5, 0.6) is 0 Å². The van der Waals surface area contributed by atoms with Gasteiger partial charge in [-0.25, -0.2) is 8.42 Å². The van der Waals surface area contributed by atoms with Gasteiger partial charge in [0.15, 0.2) is 9.84 Å². The molecule has 0 saturated heterocycles. The van der Waals surface area contributed by atoms with E-state index in [2.05, 4.69) is 4.98 Å². The van der Waals surface area contributed by atoms with Crippen molar-refractivity contribution >= 4 is 44.6 Å². The molecule has 2 aromatic carbocycles. The molecule has 0 N–H and O–H groups in total. The third-order valence-electron chi connectivity index (χ3n) is 4.24. The molecule has 1 amide bonds. The van der Waals surface area contributed by atoms with Gasteiger partial charge in [0.1, 0.15) is 0 Å². The van der Waals surface area contributed by atoms with Gasteiger partial charge in [0.05, 0.1) is 22.9 Å². The average molecular weight is 449 g/mol. The monoisotopic (exact) mass is 448 g/mol. The Balaban J connectivity index is 1.78. The molecule has 0 aliphatic carbocycles. The van der Waals surface area contributed by atoms with Gasteiger partial charge in [-0.15, -0.1) is 0 Å². The van der Waals surface area contributed by atoms with Gasteiger partial charge in [-0.2, -0.15) is 0 Å². The third-order valence-corrected chi connectivity index (χ3v) is 6.48. The lowest BCUT2D eigenvalue weighted by atomic mass is 10.2. The molecule has 150 valence electrons. The van der Waals surface area contributed by atoms with Crippen LogP contribution in [-0.4, -0.2) is 25.1 Å². The molecule has 0 aliphatic rings. The van der Waals surface area contributed by atoms with Crippen molar-refractivity contribution in [3.63, 3.8) is 0 Å². The van der Waals surface area contributed by atoms with Crippen molar-refractivity contribution in [2.75, 3.05) is 10.7 Å². The summed E-state index contributed by atoms with van der Waals surface area (Å²) in [5.41, 5.74) is 1.31. The smallest absolute Gasteiger partial charge is 0.228 e. The van der Waals surface area contributed by atoms with Crippen LogP contribution in [0.1, 0.15) is 12.1 Å². The summed E-state index contributed by atoms with van der Waals surface area (Å²) in [5.74, 6) is -0.629. The summed E-state index contributed by atoms with van der Waals surface area (Å²) < 4.78 is 25.1. The molecule has 3 rings (SSSR count). The lowest BCUT2D eigenvalue weighted by molar-refractivity contribution is -0.118. The number of rotatable bonds is 7. The Bertz CT molecular complexity index is 1070. The Morgan fingerprint density at radius 1 is 0.897 bits per heavy atom. The van der Waals surface area contributed by atoms with Crippen LogP contribution in [0.15, 0.2) is 77.8 Å². The maximum absolute atomic E-state index is 12.9. The van der Waals surface area contributed by atoms with Crippen molar-refractivity contribution < 1.29 is 13.2 Å². The van der Waals surface area contributed by atoms with Gasteiger partial charge in [0.2, 0.25) is 5.91 Å². The van der Waals surface area contributed by atoms with Crippen molar-refractivity contribution in [1.82, 2.24) is 4.98 Å². The van der Waals surface area contributed by atoms with Gasteiger partial charge in [-0.1, -0.05) is 29.3 Å². The summed E-state index contributed by atoms with van der Waals surface area (Å²) in [4.78, 5) is 18.8. The molecular formula is C21H18Cl2N2O3S. The predicted octanol–water partition coefficient (Wildman–Crippen LogP) is 4.79. The van der Waals surface area contributed by atoms with Crippen LogP contribution in [-0.2, 0) is 21.2 Å². The van der Waals surface area contributed by atoms with Crippen molar-refractivity contribution in [3.8, 4) is 0 Å². The number of anilines is 1. The normalized spacial score (nSPS) is 11.2. The van der Waals surface area contributed by atoms with E-state index < -0.39 is 9.84 Å². The molecule has 0 bridgehead atoms. The molecule has 0 fully saturated rings. The first-order valence-corrected chi connectivity index (χ1v) is 11.2. The highest BCUT2D eigenvalue weighted by molar-refractivity contribution is 7.91. The average Bonchev–Trinajstić information content (AvgIpc) is 2.72. The van der Waals surface area contributed by atoms with Crippen molar-refractivity contribution in [1.29, 1.82) is 0 Å². The molecule has 1 heterocycles. The molecule has 1 aromatic heterocycles. The number of amides is 1. The Labute approximate surface area is 179 Å². The van der Waals surface area contributed by atoms with Crippen LogP contribution in [0.4, 0.5) is 5.69 Å². The maximum Gasteiger partial charge on any atom is 0.228 e. The van der Waals surface area contributed by atoms with Crippen LogP contribution in [0.3, 0.4) is 0 Å². The topological polar surface area (TPSA) is 67.3 Å². The maximum atomic E-state index is 12.9. The van der Waals surface area contributed by atoms with E-state index in [1.54, 1.807) is 42.6 Å². The van der Waals surface area contributed by atoms with Gasteiger partial charge >= 0.3 is 0 Å². The largest absolute Gasteiger partial charge is 0.306 e. The Morgan fingerprint density at radius 3 is 2.10 bits per heavy atom. The molecule has 29 heavy (non-hydrogen) atoms. The molecule has 5 nitrogen and oxygen atoms in total. The van der Waals surface area contributed by atoms with Gasteiger partial charge in [0.25, 0.3) is 0 Å². The van der Waals surface area contributed by atoms with E-state index in [1.165, 1.54) is 29.2 Å². The van der Waals surface area contributed by atoms with Gasteiger partial charge < -0.3 is 4.90 Å². The predicted molar refractivity (Wildman–Crippen MR) is 115 cm³/mol. The van der Waals surface area contributed by atoms with Crippen LogP contribution < -0.4 is 4.90 Å². The second kappa shape index (κ2) is 9.39. The van der Waals surface area contributed by atoms with E-state index in [9.17, 15) is 13.2 Å². The Morgan fingerprint density at radius 2 is 1.52 bits per heavy atom. The minimum atomic E-state index is -3.61. The van der Waals surface area contributed by atoms with Gasteiger partial charge in [0, 0.05) is 28.4 Å². The number of halogens is 2. The summed E-state index contributed by atoms with van der Waals surface area (Å²) in [7, 11) is -3.61. The highest BCUT2D eigenvalue weighted by atomic mass is 35.5. The minimum Gasteiger partial charge on any atom is -0.306 e. The Hall–Kier alpha value is -2.41. The zero-order valence-electron chi connectivity index (χ0n) is 15.3. The fraction of sp³-hybridized carbons (Fsp3) is 0.143. The first-order valence-electron chi connectivity index (χ1n) is 8.79. The molecular weight excluding hydrogens is 431 g/mol. The van der Waals surface area contributed by atoms with E-state index in [0.717, 1.165) is 0 Å². The van der Waals surface area contributed by atoms with Crippen LogP contribution in [0.2, 0.25) is 10.0 Å². The van der Waals surface area contributed by atoms with E-state index in [1.807, 2.05) is 6.07 Å². The molecule has 0 atom stereocenters. The number of carbonyl (C=O) groups is 1. The zero-order valence-corrected chi connectivity index (χ0v) is 17.7. The van der Waals surface area contributed by atoms with E-state index >= 15 is 0 Å². The first-order chi connectivity index (χ1) is 13.8. The highest BCUT2D eigenvalue weighted by Gasteiger charge is 2.21. The second-order valence-corrected chi connectivity index (χ2v) is 9.28. The van der Waals surface area contributed by atoms with Crippen molar-refractivity contribution in [2.45, 2.75) is 17.9 Å². The van der Waals surface area contributed by atoms with Gasteiger partial charge in [-0.05, 0) is 60.7 Å². The van der Waals surface area contributed by atoms with Crippen LogP contribution >= 0.6 is 23.2 Å². The molecule has 0 radical (unpaired) electrons. The number of benzene rings is 2. The second-order valence-electron chi connectivity index (χ2n) is 6.30. The number of aromatic nitrogens is 1. The van der Waals surface area contributed by atoms with Crippen LogP contribution in [0, 0.1) is 0 Å². The lowest BCUT2D eigenvalue weighted by Crippen LogP contribution is -2.32. The van der Waals surface area contributed by atoms with E-state index in [4.69, 9.17) is 23.2 Å². The number of pyridine rings is 1. The van der Waals surface area contributed by atoms with Gasteiger partial charge in [-0.3, -0.25) is 9.78 Å². The third kappa shape index (κ3) is 5.79. The summed E-state index contributed by atoms with van der Waals surface area (Å²) in [5, 5.41) is 0.994. The summed E-state index contributed by atoms with van der Waals surface area (Å²) >= 11 is 11.8. The van der Waals surface area contributed by atoms with E-state index in [-0.39, 0.29) is 29.5 Å². The number of nitrogens with zero attached hydrogens (tertiary/aromatic N) is 2. The fourth-order valence-corrected chi connectivity index (χ4v) is 4.20. The SMILES string of the molecule is O=C(CCS(=O)(=O)c1ccc(Cl)cc1)N(Cc1ccccn1)c1ccc(Cl)cc1. The van der Waals surface area contributed by atoms with E-state index in [0.29, 0.717) is 21.4 Å². The zero-order chi connectivity index (χ0) is 20.9. The molecule has 0 spiro atoms. The van der Waals surface area contributed by atoms with Crippen molar-refractivity contribution in [3.05, 3.63) is 88.7 Å². The fourth-order valence-electron chi connectivity index (χ4n) is 2.71. The summed E-state index contributed by atoms with van der Waals surface area (Å²) in [6.45, 7) is 0.225. The molecule has 3 aromatic rings. The number of sulfone groups is 1. The quantitative estimate of drug-likeness (QED) is 0.521. The number of hydrogen-bond donors (Lipinski definition) is 0. The first kappa shape index (κ1) is 21.3. The highest BCUT2D eigenvalue weighted by Crippen LogP contribution is 2.22. The summed E-state index contributed by atoms with van der Waals surface area (Å²) in [6.07, 6.45) is 1.48. The standard InChI is InChI=1S/C21H18Cl2N2O3S/c22-16-4-8-19(9-5-16)25(15-18-3-1-2-13-24-18)21(26)12-14-29(27,28)20-10-6-17(23)7-11-20/h1-11,13H,12,14-15H2. The molecule has 8 heteroatoms. The minimum absolute atomic E-state index is 0.137. The van der Waals surface area contributed by atoms with Crippen molar-refractivity contribution in [2.24, 2.45) is 0 Å². The molecule has 0 unspecified atom stereocenters. The van der Waals surface area contributed by atoms with Crippen LogP contribution in [0.25, 0.3) is 0 Å².